The van der Waals surface area contributed by atoms with Crippen LogP contribution in [0.4, 0.5) is 5.95 Å². The Balaban J connectivity index is 1.25. The van der Waals surface area contributed by atoms with Crippen molar-refractivity contribution < 1.29 is 9.53 Å². The van der Waals surface area contributed by atoms with Crippen LogP contribution >= 0.6 is 11.6 Å². The molecule has 1 aromatic heterocycles. The number of aromatic nitrogens is 2. The Morgan fingerprint density at radius 3 is 2.81 bits per heavy atom. The van der Waals surface area contributed by atoms with E-state index in [1.54, 1.807) is 42.7 Å². The van der Waals surface area contributed by atoms with Gasteiger partial charge in [-0.3, -0.25) is 4.79 Å². The van der Waals surface area contributed by atoms with Crippen molar-refractivity contribution in [1.82, 2.24) is 14.9 Å². The van der Waals surface area contributed by atoms with E-state index in [0.717, 1.165) is 19.4 Å². The first kappa shape index (κ1) is 17.2. The van der Waals surface area contributed by atoms with Crippen molar-refractivity contribution in [2.24, 2.45) is 5.92 Å². The van der Waals surface area contributed by atoms with Crippen LogP contribution in [0.15, 0.2) is 42.7 Å². The molecule has 1 spiro atoms. The molecular formula is C19H21ClN4O2. The third-order valence-corrected chi connectivity index (χ3v) is 5.30. The lowest BCUT2D eigenvalue weighted by atomic mass is 9.82. The van der Waals surface area contributed by atoms with Crippen LogP contribution in [0.1, 0.15) is 23.2 Å². The summed E-state index contributed by atoms with van der Waals surface area (Å²) in [5, 5.41) is 3.83. The van der Waals surface area contributed by atoms with Crippen LogP contribution in [0.25, 0.3) is 0 Å². The van der Waals surface area contributed by atoms with Crippen molar-refractivity contribution >= 4 is 23.5 Å². The zero-order valence-corrected chi connectivity index (χ0v) is 15.2. The third kappa shape index (κ3) is 3.66. The van der Waals surface area contributed by atoms with Crippen molar-refractivity contribution in [2.45, 2.75) is 18.4 Å². The fourth-order valence-corrected chi connectivity index (χ4v) is 3.74. The predicted molar refractivity (Wildman–Crippen MR) is 99.3 cm³/mol. The number of rotatable bonds is 4. The number of amides is 1. The molecule has 2 aliphatic heterocycles. The summed E-state index contributed by atoms with van der Waals surface area (Å²) < 4.78 is 6.14. The predicted octanol–water partition coefficient (Wildman–Crippen LogP) is 2.86. The van der Waals surface area contributed by atoms with Crippen LogP contribution in [-0.2, 0) is 4.74 Å². The Morgan fingerprint density at radius 2 is 2.12 bits per heavy atom. The lowest BCUT2D eigenvalue weighted by Gasteiger charge is -2.52. The van der Waals surface area contributed by atoms with Gasteiger partial charge in [-0.1, -0.05) is 17.7 Å². The van der Waals surface area contributed by atoms with E-state index >= 15 is 0 Å². The SMILES string of the molecule is O=C(c1cccc(Cl)c1)N1CC2(CCC(CNc3ncccn3)CO2)C1. The molecule has 1 amide bonds. The molecule has 7 heteroatoms. The number of benzene rings is 1. The van der Waals surface area contributed by atoms with Gasteiger partial charge in [-0.25, -0.2) is 9.97 Å². The number of anilines is 1. The molecule has 3 heterocycles. The Hall–Kier alpha value is -2.18. The minimum atomic E-state index is -0.173. The number of nitrogens with one attached hydrogen (secondary N) is 1. The number of hydrogen-bond donors (Lipinski definition) is 1. The maximum atomic E-state index is 12.5. The second-order valence-corrected chi connectivity index (χ2v) is 7.46. The number of ether oxygens (including phenoxy) is 1. The maximum Gasteiger partial charge on any atom is 0.254 e. The standard InChI is InChI=1S/C19H21ClN4O2/c20-16-4-1-3-15(9-16)17(25)24-12-19(13-24)6-5-14(11-26-19)10-23-18-21-7-2-8-22-18/h1-4,7-9,14H,5-6,10-13H2,(H,21,22,23). The van der Waals surface area contributed by atoms with Crippen LogP contribution in [0, 0.1) is 5.92 Å². The summed E-state index contributed by atoms with van der Waals surface area (Å²) in [5.74, 6) is 1.10. The van der Waals surface area contributed by atoms with Gasteiger partial charge in [0.2, 0.25) is 5.95 Å². The van der Waals surface area contributed by atoms with Gasteiger partial charge in [-0.15, -0.1) is 0 Å². The topological polar surface area (TPSA) is 67.4 Å². The Kier molecular flexibility index (Phi) is 4.78. The number of likely N-dealkylation sites (tertiary alicyclic amines) is 1. The smallest absolute Gasteiger partial charge is 0.254 e. The summed E-state index contributed by atoms with van der Waals surface area (Å²) >= 11 is 5.98. The van der Waals surface area contributed by atoms with Crippen LogP contribution in [0.2, 0.25) is 5.02 Å². The van der Waals surface area contributed by atoms with Crippen LogP contribution in [0.3, 0.4) is 0 Å². The van der Waals surface area contributed by atoms with Crippen LogP contribution in [0.5, 0.6) is 0 Å². The van der Waals surface area contributed by atoms with Crippen molar-refractivity contribution in [3.05, 3.63) is 53.3 Å². The average Bonchev–Trinajstić information content (AvgIpc) is 2.65. The van der Waals surface area contributed by atoms with Gasteiger partial charge in [0.1, 0.15) is 5.60 Å². The summed E-state index contributed by atoms with van der Waals surface area (Å²) in [7, 11) is 0. The first-order chi connectivity index (χ1) is 12.6. The van der Waals surface area contributed by atoms with Gasteiger partial charge in [-0.05, 0) is 43.0 Å². The van der Waals surface area contributed by atoms with Gasteiger partial charge in [0.15, 0.2) is 0 Å². The first-order valence-electron chi connectivity index (χ1n) is 8.83. The summed E-state index contributed by atoms with van der Waals surface area (Å²) in [6.07, 6.45) is 5.48. The monoisotopic (exact) mass is 372 g/mol. The van der Waals surface area contributed by atoms with Gasteiger partial charge in [-0.2, -0.15) is 0 Å². The van der Waals surface area contributed by atoms with E-state index < -0.39 is 0 Å². The molecule has 2 aliphatic rings. The van der Waals surface area contributed by atoms with E-state index in [4.69, 9.17) is 16.3 Å². The van der Waals surface area contributed by atoms with E-state index in [9.17, 15) is 4.79 Å². The van der Waals surface area contributed by atoms with E-state index in [1.165, 1.54) is 0 Å². The summed E-state index contributed by atoms with van der Waals surface area (Å²) in [4.78, 5) is 22.7. The quantitative estimate of drug-likeness (QED) is 0.893. The van der Waals surface area contributed by atoms with Crippen LogP contribution < -0.4 is 5.32 Å². The van der Waals surface area contributed by atoms with Gasteiger partial charge in [0.25, 0.3) is 5.91 Å². The zero-order valence-electron chi connectivity index (χ0n) is 14.4. The fraction of sp³-hybridized carbons (Fsp3) is 0.421. The van der Waals surface area contributed by atoms with Gasteiger partial charge in [0.05, 0.1) is 19.7 Å². The van der Waals surface area contributed by atoms with Crippen molar-refractivity contribution in [3.8, 4) is 0 Å². The van der Waals surface area contributed by atoms with E-state index in [1.807, 2.05) is 4.90 Å². The minimum absolute atomic E-state index is 0.0201. The minimum Gasteiger partial charge on any atom is -0.371 e. The Morgan fingerprint density at radius 1 is 1.31 bits per heavy atom. The Labute approximate surface area is 157 Å². The highest BCUT2D eigenvalue weighted by Gasteiger charge is 2.48. The molecule has 136 valence electrons. The molecule has 26 heavy (non-hydrogen) atoms. The molecule has 0 aliphatic carbocycles. The summed E-state index contributed by atoms with van der Waals surface area (Å²) in [5.41, 5.74) is 0.460. The molecule has 2 aromatic rings. The molecular weight excluding hydrogens is 352 g/mol. The molecule has 1 atom stereocenters. The molecule has 1 aromatic carbocycles. The van der Waals surface area contributed by atoms with Gasteiger partial charge < -0.3 is 15.0 Å². The molecule has 1 unspecified atom stereocenters. The van der Waals surface area contributed by atoms with Gasteiger partial charge in [0, 0.05) is 29.5 Å². The van der Waals surface area contributed by atoms with Crippen molar-refractivity contribution in [1.29, 1.82) is 0 Å². The highest BCUT2D eigenvalue weighted by Crippen LogP contribution is 2.36. The maximum absolute atomic E-state index is 12.5. The molecule has 1 N–H and O–H groups in total. The summed E-state index contributed by atoms with van der Waals surface area (Å²) in [6.45, 7) is 2.80. The molecule has 6 nitrogen and oxygen atoms in total. The molecule has 0 bridgehead atoms. The second-order valence-electron chi connectivity index (χ2n) is 7.02. The lowest BCUT2D eigenvalue weighted by molar-refractivity contribution is -0.165. The lowest BCUT2D eigenvalue weighted by Crippen LogP contribution is -2.66. The molecule has 0 radical (unpaired) electrons. The Bertz CT molecular complexity index is 770. The number of carbonyl (C=O) groups excluding carboxylic acids is 1. The van der Waals surface area contributed by atoms with E-state index in [-0.39, 0.29) is 11.5 Å². The second kappa shape index (κ2) is 7.21. The number of carbonyl (C=O) groups is 1. The van der Waals surface area contributed by atoms with Crippen molar-refractivity contribution in [3.63, 3.8) is 0 Å². The van der Waals surface area contributed by atoms with Gasteiger partial charge >= 0.3 is 0 Å². The number of hydrogen-bond acceptors (Lipinski definition) is 5. The number of halogens is 1. The zero-order chi connectivity index (χ0) is 18.0. The average molecular weight is 373 g/mol. The van der Waals surface area contributed by atoms with E-state index in [0.29, 0.717) is 42.1 Å². The highest BCUT2D eigenvalue weighted by atomic mass is 35.5. The normalized spacial score (nSPS) is 21.3. The summed E-state index contributed by atoms with van der Waals surface area (Å²) in [6, 6.07) is 8.88. The number of nitrogens with zero attached hydrogens (tertiary/aromatic N) is 3. The molecule has 2 fully saturated rings. The van der Waals surface area contributed by atoms with Crippen LogP contribution in [-0.4, -0.2) is 52.6 Å². The van der Waals surface area contributed by atoms with Crippen molar-refractivity contribution in [2.75, 3.05) is 31.6 Å². The third-order valence-electron chi connectivity index (χ3n) is 5.06. The first-order valence-corrected chi connectivity index (χ1v) is 9.21. The van der Waals surface area contributed by atoms with E-state index in [2.05, 4.69) is 15.3 Å². The molecule has 0 saturated carbocycles. The largest absolute Gasteiger partial charge is 0.371 e. The molecule has 2 saturated heterocycles. The highest BCUT2D eigenvalue weighted by molar-refractivity contribution is 6.30. The molecule has 4 rings (SSSR count). The fourth-order valence-electron chi connectivity index (χ4n) is 3.55.